The molecule has 0 aliphatic carbocycles. The molecule has 1 aromatic heterocycles. The van der Waals surface area contributed by atoms with Gasteiger partial charge in [-0.25, -0.2) is 0 Å². The first kappa shape index (κ1) is 13.3. The third-order valence-electron chi connectivity index (χ3n) is 3.93. The Balaban J connectivity index is 2.08. The molecule has 1 N–H and O–H groups in total. The van der Waals surface area contributed by atoms with Gasteiger partial charge in [0.1, 0.15) is 0 Å². The van der Waals surface area contributed by atoms with Gasteiger partial charge in [-0.2, -0.15) is 0 Å². The molecule has 100 valence electrons. The Morgan fingerprint density at radius 2 is 2.22 bits per heavy atom. The van der Waals surface area contributed by atoms with E-state index >= 15 is 0 Å². The van der Waals surface area contributed by atoms with Crippen LogP contribution >= 0.6 is 0 Å². The van der Waals surface area contributed by atoms with E-state index in [1.807, 2.05) is 13.2 Å². The van der Waals surface area contributed by atoms with Crippen molar-refractivity contribution in [2.24, 2.45) is 5.41 Å². The molecule has 1 fully saturated rings. The van der Waals surface area contributed by atoms with E-state index < -0.39 is 0 Å². The molecule has 1 unspecified atom stereocenters. The summed E-state index contributed by atoms with van der Waals surface area (Å²) in [6, 6.07) is 4.74. The fourth-order valence-corrected chi connectivity index (χ4v) is 2.68. The highest BCUT2D eigenvalue weighted by Gasteiger charge is 2.29. The van der Waals surface area contributed by atoms with Gasteiger partial charge in [0, 0.05) is 19.1 Å². The van der Waals surface area contributed by atoms with Crippen LogP contribution in [0.25, 0.3) is 0 Å². The molecule has 0 amide bonds. The molecule has 0 spiro atoms. The van der Waals surface area contributed by atoms with Gasteiger partial charge in [-0.1, -0.05) is 20.8 Å². The summed E-state index contributed by atoms with van der Waals surface area (Å²) in [5.41, 5.74) is 2.84. The molecule has 1 saturated heterocycles. The predicted octanol–water partition coefficient (Wildman–Crippen LogP) is 2.99. The number of nitrogens with zero attached hydrogens (tertiary/aromatic N) is 2. The van der Waals surface area contributed by atoms with E-state index in [-0.39, 0.29) is 0 Å². The molecule has 3 nitrogen and oxygen atoms in total. The van der Waals surface area contributed by atoms with Crippen LogP contribution in [0.3, 0.4) is 0 Å². The van der Waals surface area contributed by atoms with Crippen molar-refractivity contribution in [2.45, 2.75) is 39.7 Å². The van der Waals surface area contributed by atoms with E-state index in [1.54, 1.807) is 0 Å². The maximum absolute atomic E-state index is 4.61. The lowest BCUT2D eigenvalue weighted by molar-refractivity contribution is 0.418. The van der Waals surface area contributed by atoms with Gasteiger partial charge in [0.25, 0.3) is 0 Å². The van der Waals surface area contributed by atoms with Crippen molar-refractivity contribution in [3.63, 3.8) is 0 Å². The zero-order chi connectivity index (χ0) is 13.2. The lowest BCUT2D eigenvalue weighted by atomic mass is 9.93. The molecule has 3 heteroatoms. The summed E-state index contributed by atoms with van der Waals surface area (Å²) in [4.78, 5) is 7.05. The van der Waals surface area contributed by atoms with Crippen LogP contribution in [0.2, 0.25) is 0 Å². The van der Waals surface area contributed by atoms with Crippen molar-refractivity contribution in [3.05, 3.63) is 24.0 Å². The second-order valence-corrected chi connectivity index (χ2v) is 6.03. The van der Waals surface area contributed by atoms with Gasteiger partial charge in [0.2, 0.25) is 0 Å². The summed E-state index contributed by atoms with van der Waals surface area (Å²) >= 11 is 0. The summed E-state index contributed by atoms with van der Waals surface area (Å²) < 4.78 is 0. The Hall–Kier alpha value is -1.09. The Morgan fingerprint density at radius 1 is 1.44 bits per heavy atom. The first-order chi connectivity index (χ1) is 8.55. The van der Waals surface area contributed by atoms with E-state index in [9.17, 15) is 0 Å². The van der Waals surface area contributed by atoms with Crippen molar-refractivity contribution in [2.75, 3.05) is 25.0 Å². The molecule has 0 radical (unpaired) electrons. The molecule has 0 bridgehead atoms. The molecule has 1 aliphatic heterocycles. The van der Waals surface area contributed by atoms with E-state index in [0.29, 0.717) is 11.5 Å². The third kappa shape index (κ3) is 2.83. The highest BCUT2D eigenvalue weighted by Crippen LogP contribution is 2.32. The number of pyridine rings is 1. The molecule has 18 heavy (non-hydrogen) atoms. The van der Waals surface area contributed by atoms with E-state index in [1.165, 1.54) is 12.1 Å². The quantitative estimate of drug-likeness (QED) is 0.886. The minimum atomic E-state index is 0.370. The van der Waals surface area contributed by atoms with E-state index in [2.05, 4.69) is 48.1 Å². The van der Waals surface area contributed by atoms with Gasteiger partial charge in [-0.3, -0.25) is 4.98 Å². The SMILES string of the molecule is CCC(NC)c1ccc(N2CCC(C)(C)C2)cn1. The molecule has 1 aromatic rings. The van der Waals surface area contributed by atoms with Crippen LogP contribution in [0.1, 0.15) is 45.3 Å². The van der Waals surface area contributed by atoms with Gasteiger partial charge >= 0.3 is 0 Å². The largest absolute Gasteiger partial charge is 0.370 e. The maximum atomic E-state index is 4.61. The van der Waals surface area contributed by atoms with Crippen molar-refractivity contribution in [1.29, 1.82) is 0 Å². The fraction of sp³-hybridized carbons (Fsp3) is 0.667. The smallest absolute Gasteiger partial charge is 0.0574 e. The standard InChI is InChI=1S/C15H25N3/c1-5-13(16-4)14-7-6-12(10-17-14)18-9-8-15(2,3)11-18/h6-7,10,13,16H,5,8-9,11H2,1-4H3. The number of anilines is 1. The molecule has 1 aliphatic rings. The van der Waals surface area contributed by atoms with E-state index in [4.69, 9.17) is 0 Å². The molecular formula is C15H25N3. The van der Waals surface area contributed by atoms with Crippen LogP contribution in [0.15, 0.2) is 18.3 Å². The van der Waals surface area contributed by atoms with Gasteiger partial charge < -0.3 is 10.2 Å². The number of rotatable bonds is 4. The summed E-state index contributed by atoms with van der Waals surface area (Å²) in [6.45, 7) is 9.14. The summed E-state index contributed by atoms with van der Waals surface area (Å²) in [5.74, 6) is 0. The molecule has 0 aromatic carbocycles. The van der Waals surface area contributed by atoms with Crippen molar-refractivity contribution in [1.82, 2.24) is 10.3 Å². The van der Waals surface area contributed by atoms with Gasteiger partial charge in [-0.15, -0.1) is 0 Å². The fourth-order valence-electron chi connectivity index (χ4n) is 2.68. The highest BCUT2D eigenvalue weighted by atomic mass is 15.2. The minimum Gasteiger partial charge on any atom is -0.370 e. The van der Waals surface area contributed by atoms with Crippen LogP contribution in [0.4, 0.5) is 5.69 Å². The number of hydrogen-bond acceptors (Lipinski definition) is 3. The minimum absolute atomic E-state index is 0.370. The first-order valence-corrected chi connectivity index (χ1v) is 6.94. The second kappa shape index (κ2) is 5.27. The van der Waals surface area contributed by atoms with Crippen LogP contribution in [-0.2, 0) is 0 Å². The van der Waals surface area contributed by atoms with Crippen LogP contribution in [0, 0.1) is 5.41 Å². The Kier molecular flexibility index (Phi) is 3.91. The zero-order valence-electron chi connectivity index (χ0n) is 12.0. The molecular weight excluding hydrogens is 222 g/mol. The Labute approximate surface area is 111 Å². The number of aromatic nitrogens is 1. The Bertz CT molecular complexity index is 379. The van der Waals surface area contributed by atoms with Crippen molar-refractivity contribution in [3.8, 4) is 0 Å². The molecule has 2 heterocycles. The van der Waals surface area contributed by atoms with Crippen molar-refractivity contribution >= 4 is 5.69 Å². The van der Waals surface area contributed by atoms with Crippen LogP contribution in [0.5, 0.6) is 0 Å². The van der Waals surface area contributed by atoms with E-state index in [0.717, 1.165) is 25.2 Å². The molecule has 2 rings (SSSR count). The summed E-state index contributed by atoms with van der Waals surface area (Å²) in [6.07, 6.45) is 4.36. The highest BCUT2D eigenvalue weighted by molar-refractivity contribution is 5.46. The zero-order valence-corrected chi connectivity index (χ0v) is 12.0. The summed E-state index contributed by atoms with van der Waals surface area (Å²) in [5, 5.41) is 3.29. The van der Waals surface area contributed by atoms with Crippen LogP contribution < -0.4 is 10.2 Å². The lowest BCUT2D eigenvalue weighted by Crippen LogP contribution is -2.23. The summed E-state index contributed by atoms with van der Waals surface area (Å²) in [7, 11) is 1.99. The lowest BCUT2D eigenvalue weighted by Gasteiger charge is -2.22. The monoisotopic (exact) mass is 247 g/mol. The van der Waals surface area contributed by atoms with Gasteiger partial charge in [0.15, 0.2) is 0 Å². The normalized spacial score (nSPS) is 20.1. The maximum Gasteiger partial charge on any atom is 0.0574 e. The molecule has 0 saturated carbocycles. The predicted molar refractivity (Wildman–Crippen MR) is 76.9 cm³/mol. The second-order valence-electron chi connectivity index (χ2n) is 6.03. The third-order valence-corrected chi connectivity index (χ3v) is 3.93. The van der Waals surface area contributed by atoms with Crippen LogP contribution in [-0.4, -0.2) is 25.1 Å². The van der Waals surface area contributed by atoms with Gasteiger partial charge in [0.05, 0.1) is 17.6 Å². The average molecular weight is 247 g/mol. The Morgan fingerprint density at radius 3 is 2.67 bits per heavy atom. The average Bonchev–Trinajstić information content (AvgIpc) is 2.72. The van der Waals surface area contributed by atoms with Gasteiger partial charge in [-0.05, 0) is 37.4 Å². The first-order valence-electron chi connectivity index (χ1n) is 6.94. The molecule has 1 atom stereocenters. The van der Waals surface area contributed by atoms with Crippen molar-refractivity contribution < 1.29 is 0 Å². The topological polar surface area (TPSA) is 28.2 Å². The number of nitrogens with one attached hydrogen (secondary N) is 1. The number of hydrogen-bond donors (Lipinski definition) is 1.